The van der Waals surface area contributed by atoms with Crippen molar-refractivity contribution < 1.29 is 14.3 Å². The van der Waals surface area contributed by atoms with Crippen LogP contribution in [0.3, 0.4) is 0 Å². The monoisotopic (exact) mass is 417 g/mol. The molecule has 0 spiro atoms. The smallest absolute Gasteiger partial charge is 0.414 e. The van der Waals surface area contributed by atoms with E-state index in [-0.39, 0.29) is 6.04 Å². The fourth-order valence-electron chi connectivity index (χ4n) is 3.48. The van der Waals surface area contributed by atoms with Gasteiger partial charge in [0.25, 0.3) is 0 Å². The fourth-order valence-corrected chi connectivity index (χ4v) is 3.74. The number of benzene rings is 2. The van der Waals surface area contributed by atoms with Gasteiger partial charge in [-0.2, -0.15) is 0 Å². The summed E-state index contributed by atoms with van der Waals surface area (Å²) in [6, 6.07) is 13.9. The number of methoxy groups -OCH3 is 1. The molecular weight excluding hydrogens is 390 g/mol. The molecule has 1 heterocycles. The molecular formula is C22H28ClN3O3. The molecule has 1 atom stereocenters. The number of piperazine rings is 1. The first-order valence-corrected chi connectivity index (χ1v) is 10.1. The maximum Gasteiger partial charge on any atom is 0.414 e. The van der Waals surface area contributed by atoms with Gasteiger partial charge >= 0.3 is 6.09 Å². The molecule has 1 aliphatic rings. The van der Waals surface area contributed by atoms with Gasteiger partial charge in [0, 0.05) is 46.3 Å². The molecule has 29 heavy (non-hydrogen) atoms. The van der Waals surface area contributed by atoms with Crippen molar-refractivity contribution in [3.8, 4) is 11.5 Å². The van der Waals surface area contributed by atoms with Crippen molar-refractivity contribution in [3.05, 3.63) is 53.1 Å². The number of anilines is 1. The largest absolute Gasteiger partial charge is 0.493 e. The van der Waals surface area contributed by atoms with Gasteiger partial charge in [0.05, 0.1) is 17.8 Å². The molecule has 0 N–H and O–H groups in total. The van der Waals surface area contributed by atoms with E-state index in [0.717, 1.165) is 42.5 Å². The summed E-state index contributed by atoms with van der Waals surface area (Å²) < 4.78 is 10.8. The third-order valence-electron chi connectivity index (χ3n) is 5.29. The lowest BCUT2D eigenvalue weighted by Crippen LogP contribution is -2.47. The average molecular weight is 418 g/mol. The van der Waals surface area contributed by atoms with Gasteiger partial charge in [-0.1, -0.05) is 29.8 Å². The van der Waals surface area contributed by atoms with Crippen molar-refractivity contribution in [3.63, 3.8) is 0 Å². The number of carbonyl (C=O) groups is 1. The van der Waals surface area contributed by atoms with Crippen LogP contribution in [0.25, 0.3) is 0 Å². The second-order valence-corrected chi connectivity index (χ2v) is 7.73. The Morgan fingerprint density at radius 1 is 1.07 bits per heavy atom. The molecule has 1 fully saturated rings. The summed E-state index contributed by atoms with van der Waals surface area (Å²) in [6.45, 7) is 5.90. The summed E-state index contributed by atoms with van der Waals surface area (Å²) in [5.41, 5.74) is 2.22. The van der Waals surface area contributed by atoms with Crippen LogP contribution in [-0.4, -0.2) is 63.3 Å². The van der Waals surface area contributed by atoms with E-state index in [1.54, 1.807) is 27.3 Å². The fraction of sp³-hybridized carbons (Fsp3) is 0.409. The highest BCUT2D eigenvalue weighted by Gasteiger charge is 2.24. The van der Waals surface area contributed by atoms with Crippen molar-refractivity contribution in [1.82, 2.24) is 9.80 Å². The quantitative estimate of drug-likeness (QED) is 0.726. The second kappa shape index (κ2) is 9.37. The van der Waals surface area contributed by atoms with Crippen LogP contribution in [-0.2, 0) is 0 Å². The maximum atomic E-state index is 11.8. The Bertz CT molecular complexity index is 851. The van der Waals surface area contributed by atoms with Gasteiger partial charge in [-0.25, -0.2) is 4.79 Å². The van der Waals surface area contributed by atoms with Crippen LogP contribution in [0.2, 0.25) is 5.02 Å². The zero-order chi connectivity index (χ0) is 21.0. The van der Waals surface area contributed by atoms with Gasteiger partial charge in [0.2, 0.25) is 0 Å². The normalized spacial score (nSPS) is 15.7. The minimum atomic E-state index is -0.431. The second-order valence-electron chi connectivity index (χ2n) is 7.32. The SMILES string of the molecule is COc1cc(C(C)N2CCN(c3ccccc3Cl)CC2)ccc1OC(=O)N(C)C. The minimum Gasteiger partial charge on any atom is -0.493 e. The van der Waals surface area contributed by atoms with Gasteiger partial charge in [-0.3, -0.25) is 4.90 Å². The van der Waals surface area contributed by atoms with Crippen LogP contribution >= 0.6 is 11.6 Å². The summed E-state index contributed by atoms with van der Waals surface area (Å²) in [5.74, 6) is 0.977. The molecule has 0 aromatic heterocycles. The summed E-state index contributed by atoms with van der Waals surface area (Å²) in [6.07, 6.45) is -0.431. The van der Waals surface area contributed by atoms with Crippen molar-refractivity contribution in [2.75, 3.05) is 52.3 Å². The molecule has 0 saturated carbocycles. The molecule has 7 heteroatoms. The Labute approximate surface area is 177 Å². The first kappa shape index (κ1) is 21.3. The number of halogens is 1. The lowest BCUT2D eigenvalue weighted by molar-refractivity contribution is 0.170. The standard InChI is InChI=1S/C22H28ClN3O3/c1-16(17-9-10-20(21(15-17)28-4)29-22(27)24(2)3)25-11-13-26(14-12-25)19-8-6-5-7-18(19)23/h5-10,15-16H,11-14H2,1-4H3. The molecule has 2 aromatic carbocycles. The van der Waals surface area contributed by atoms with E-state index in [4.69, 9.17) is 21.1 Å². The molecule has 0 radical (unpaired) electrons. The van der Waals surface area contributed by atoms with E-state index in [9.17, 15) is 4.79 Å². The molecule has 1 aliphatic heterocycles. The van der Waals surface area contributed by atoms with Crippen LogP contribution < -0.4 is 14.4 Å². The van der Waals surface area contributed by atoms with Gasteiger partial charge in [-0.15, -0.1) is 0 Å². The van der Waals surface area contributed by atoms with Crippen molar-refractivity contribution in [1.29, 1.82) is 0 Å². The molecule has 156 valence electrons. The molecule has 1 unspecified atom stereocenters. The van der Waals surface area contributed by atoms with Gasteiger partial charge < -0.3 is 19.3 Å². The number of ether oxygens (including phenoxy) is 2. The van der Waals surface area contributed by atoms with E-state index in [2.05, 4.69) is 22.8 Å². The van der Waals surface area contributed by atoms with Crippen LogP contribution in [0.15, 0.2) is 42.5 Å². The number of para-hydroxylation sites is 1. The topological polar surface area (TPSA) is 45.3 Å². The Morgan fingerprint density at radius 3 is 2.38 bits per heavy atom. The van der Waals surface area contributed by atoms with Gasteiger partial charge in [0.1, 0.15) is 0 Å². The highest BCUT2D eigenvalue weighted by Crippen LogP contribution is 2.33. The summed E-state index contributed by atoms with van der Waals surface area (Å²) in [7, 11) is 4.88. The summed E-state index contributed by atoms with van der Waals surface area (Å²) in [5, 5.41) is 0.793. The highest BCUT2D eigenvalue weighted by molar-refractivity contribution is 6.33. The van der Waals surface area contributed by atoms with E-state index in [0.29, 0.717) is 11.5 Å². The average Bonchev–Trinajstić information content (AvgIpc) is 2.74. The van der Waals surface area contributed by atoms with Crippen LogP contribution in [0.4, 0.5) is 10.5 Å². The number of nitrogens with zero attached hydrogens (tertiary/aromatic N) is 3. The third-order valence-corrected chi connectivity index (χ3v) is 5.61. The molecule has 2 aromatic rings. The van der Waals surface area contributed by atoms with E-state index in [1.807, 2.05) is 30.3 Å². The molecule has 6 nitrogen and oxygen atoms in total. The number of rotatable bonds is 5. The van der Waals surface area contributed by atoms with Crippen molar-refractivity contribution in [2.45, 2.75) is 13.0 Å². The molecule has 0 bridgehead atoms. The Kier molecular flexibility index (Phi) is 6.87. The van der Waals surface area contributed by atoms with E-state index in [1.165, 1.54) is 4.90 Å². The first-order chi connectivity index (χ1) is 13.9. The summed E-state index contributed by atoms with van der Waals surface area (Å²) in [4.78, 5) is 18.0. The van der Waals surface area contributed by atoms with Crippen LogP contribution in [0.5, 0.6) is 11.5 Å². The zero-order valence-electron chi connectivity index (χ0n) is 17.4. The molecule has 3 rings (SSSR count). The Balaban J connectivity index is 1.67. The third kappa shape index (κ3) is 4.95. The van der Waals surface area contributed by atoms with Crippen LogP contribution in [0.1, 0.15) is 18.5 Å². The van der Waals surface area contributed by atoms with Gasteiger partial charge in [0.15, 0.2) is 11.5 Å². The lowest BCUT2D eigenvalue weighted by Gasteiger charge is -2.39. The molecule has 1 saturated heterocycles. The number of amides is 1. The Hall–Kier alpha value is -2.44. The van der Waals surface area contributed by atoms with Crippen molar-refractivity contribution >= 4 is 23.4 Å². The summed E-state index contributed by atoms with van der Waals surface area (Å²) >= 11 is 6.35. The Morgan fingerprint density at radius 2 is 1.76 bits per heavy atom. The molecule has 0 aliphatic carbocycles. The zero-order valence-corrected chi connectivity index (χ0v) is 18.1. The highest BCUT2D eigenvalue weighted by atomic mass is 35.5. The predicted molar refractivity (Wildman–Crippen MR) is 116 cm³/mol. The maximum absolute atomic E-state index is 11.8. The van der Waals surface area contributed by atoms with E-state index >= 15 is 0 Å². The van der Waals surface area contributed by atoms with Crippen molar-refractivity contribution in [2.24, 2.45) is 0 Å². The molecule has 1 amide bonds. The minimum absolute atomic E-state index is 0.218. The number of hydrogen-bond acceptors (Lipinski definition) is 5. The van der Waals surface area contributed by atoms with Crippen LogP contribution in [0, 0.1) is 0 Å². The number of carbonyl (C=O) groups excluding carboxylic acids is 1. The van der Waals surface area contributed by atoms with E-state index < -0.39 is 6.09 Å². The number of hydrogen-bond donors (Lipinski definition) is 0. The first-order valence-electron chi connectivity index (χ1n) is 9.71. The predicted octanol–water partition coefficient (Wildman–Crippen LogP) is 4.29. The lowest BCUT2D eigenvalue weighted by atomic mass is 10.0. The van der Waals surface area contributed by atoms with Gasteiger partial charge in [-0.05, 0) is 36.8 Å².